The molecule has 1 aromatic carbocycles. The van der Waals surface area contributed by atoms with Crippen molar-refractivity contribution < 1.29 is 4.74 Å². The van der Waals surface area contributed by atoms with Gasteiger partial charge in [0.15, 0.2) is 0 Å². The van der Waals surface area contributed by atoms with Crippen LogP contribution in [0, 0.1) is 0 Å². The Morgan fingerprint density at radius 3 is 2.21 bits per heavy atom. The van der Waals surface area contributed by atoms with Gasteiger partial charge in [-0.15, -0.1) is 0 Å². The minimum atomic E-state index is 0.755. The first kappa shape index (κ1) is 16.6. The summed E-state index contributed by atoms with van der Waals surface area (Å²) in [6, 6.07) is 8.44. The van der Waals surface area contributed by atoms with Gasteiger partial charge in [0.05, 0.1) is 6.61 Å². The highest BCUT2D eigenvalue weighted by atomic mass is 79.9. The molecule has 0 bridgehead atoms. The molecular weight excluding hydrogens is 300 g/mol. The molecule has 0 fully saturated rings. The molecule has 0 radical (unpaired) electrons. The third-order valence-corrected chi connectivity index (χ3v) is 3.91. The molecule has 0 atom stereocenters. The van der Waals surface area contributed by atoms with E-state index < -0.39 is 0 Å². The minimum absolute atomic E-state index is 0.755. The molecule has 0 amide bonds. The van der Waals surface area contributed by atoms with Gasteiger partial charge in [-0.3, -0.25) is 0 Å². The summed E-state index contributed by atoms with van der Waals surface area (Å²) in [5.74, 6) is 1.07. The van der Waals surface area contributed by atoms with Gasteiger partial charge in [-0.2, -0.15) is 0 Å². The summed E-state index contributed by atoms with van der Waals surface area (Å²) in [7, 11) is 0. The number of alkyl halides is 1. The zero-order chi connectivity index (χ0) is 13.8. The van der Waals surface area contributed by atoms with Crippen molar-refractivity contribution in [1.82, 2.24) is 0 Å². The summed E-state index contributed by atoms with van der Waals surface area (Å²) < 4.78 is 5.66. The molecular formula is C17H27BrO. The number of hydrogen-bond acceptors (Lipinski definition) is 1. The summed E-state index contributed by atoms with van der Waals surface area (Å²) in [6.07, 6.45) is 10.6. The lowest BCUT2D eigenvalue weighted by molar-refractivity contribution is 0.336. The first-order chi connectivity index (χ1) is 9.38. The van der Waals surface area contributed by atoms with Crippen molar-refractivity contribution in [1.29, 1.82) is 0 Å². The van der Waals surface area contributed by atoms with Gasteiger partial charge >= 0.3 is 0 Å². The van der Waals surface area contributed by atoms with Gasteiger partial charge in [0.1, 0.15) is 5.75 Å². The lowest BCUT2D eigenvalue weighted by Gasteiger charge is -2.09. The number of aryl methyl sites for hydroxylation is 1. The monoisotopic (exact) mass is 326 g/mol. The van der Waals surface area contributed by atoms with Crippen molar-refractivity contribution in [3.8, 4) is 5.75 Å². The highest BCUT2D eigenvalue weighted by Gasteiger charge is 2.01. The van der Waals surface area contributed by atoms with Crippen LogP contribution in [0.25, 0.3) is 0 Å². The number of para-hydroxylation sites is 1. The predicted molar refractivity (Wildman–Crippen MR) is 87.4 cm³/mol. The average Bonchev–Trinajstić information content (AvgIpc) is 2.44. The Balaban J connectivity index is 2.12. The molecule has 0 unspecified atom stereocenters. The minimum Gasteiger partial charge on any atom is -0.494 e. The maximum absolute atomic E-state index is 5.66. The van der Waals surface area contributed by atoms with Gasteiger partial charge in [0.2, 0.25) is 0 Å². The third-order valence-electron chi connectivity index (χ3n) is 3.35. The summed E-state index contributed by atoms with van der Waals surface area (Å²) in [5.41, 5.74) is 1.36. The summed E-state index contributed by atoms with van der Waals surface area (Å²) >= 11 is 3.48. The summed E-state index contributed by atoms with van der Waals surface area (Å²) in [5, 5.41) is 1.15. The SMILES string of the molecule is CCOc1ccccc1CCCCCCCCCBr. The van der Waals surface area contributed by atoms with E-state index >= 15 is 0 Å². The van der Waals surface area contributed by atoms with Gasteiger partial charge < -0.3 is 4.74 Å². The van der Waals surface area contributed by atoms with E-state index in [9.17, 15) is 0 Å². The second-order valence-electron chi connectivity index (χ2n) is 4.95. The summed E-state index contributed by atoms with van der Waals surface area (Å²) in [4.78, 5) is 0. The van der Waals surface area contributed by atoms with Crippen molar-refractivity contribution in [2.24, 2.45) is 0 Å². The van der Waals surface area contributed by atoms with Crippen LogP contribution >= 0.6 is 15.9 Å². The third kappa shape index (κ3) is 7.61. The molecule has 0 saturated carbocycles. The Morgan fingerprint density at radius 2 is 1.53 bits per heavy atom. The first-order valence-corrected chi connectivity index (χ1v) is 8.77. The fraction of sp³-hybridized carbons (Fsp3) is 0.647. The van der Waals surface area contributed by atoms with Crippen LogP contribution < -0.4 is 4.74 Å². The molecule has 108 valence electrons. The zero-order valence-electron chi connectivity index (χ0n) is 12.2. The lowest BCUT2D eigenvalue weighted by atomic mass is 10.0. The van der Waals surface area contributed by atoms with E-state index in [2.05, 4.69) is 40.2 Å². The van der Waals surface area contributed by atoms with Crippen LogP contribution in [0.5, 0.6) is 5.75 Å². The highest BCUT2D eigenvalue weighted by Crippen LogP contribution is 2.20. The Bertz CT molecular complexity index is 325. The standard InChI is InChI=1S/C17H27BrO/c1-2-19-17-14-10-9-13-16(17)12-8-6-4-3-5-7-11-15-18/h9-10,13-14H,2-8,11-12,15H2,1H3. The molecule has 0 aromatic heterocycles. The van der Waals surface area contributed by atoms with Gasteiger partial charge in [-0.05, 0) is 37.8 Å². The van der Waals surface area contributed by atoms with Crippen LogP contribution in [-0.4, -0.2) is 11.9 Å². The van der Waals surface area contributed by atoms with E-state index in [1.54, 1.807) is 0 Å². The molecule has 1 rings (SSSR count). The topological polar surface area (TPSA) is 9.23 Å². The fourth-order valence-electron chi connectivity index (χ4n) is 2.30. The molecule has 0 aliphatic heterocycles. The van der Waals surface area contributed by atoms with Crippen LogP contribution in [0.15, 0.2) is 24.3 Å². The Labute approximate surface area is 126 Å². The van der Waals surface area contributed by atoms with Gasteiger partial charge in [0.25, 0.3) is 0 Å². The molecule has 1 nitrogen and oxygen atoms in total. The Hall–Kier alpha value is -0.500. The number of halogens is 1. The second kappa shape index (κ2) is 11.3. The second-order valence-corrected chi connectivity index (χ2v) is 5.75. The maximum Gasteiger partial charge on any atom is 0.122 e. The zero-order valence-corrected chi connectivity index (χ0v) is 13.8. The largest absolute Gasteiger partial charge is 0.494 e. The molecule has 1 aromatic rings. The molecule has 0 aliphatic carbocycles. The normalized spacial score (nSPS) is 10.6. The molecule has 0 spiro atoms. The quantitative estimate of drug-likeness (QED) is 0.371. The molecule has 2 heteroatoms. The van der Waals surface area contributed by atoms with E-state index in [-0.39, 0.29) is 0 Å². The van der Waals surface area contributed by atoms with Gasteiger partial charge in [-0.25, -0.2) is 0 Å². The van der Waals surface area contributed by atoms with Crippen molar-refractivity contribution in [2.75, 3.05) is 11.9 Å². The molecule has 0 N–H and O–H groups in total. The highest BCUT2D eigenvalue weighted by molar-refractivity contribution is 9.09. The fourth-order valence-corrected chi connectivity index (χ4v) is 2.70. The van der Waals surface area contributed by atoms with Crippen LogP contribution in [0.3, 0.4) is 0 Å². The van der Waals surface area contributed by atoms with Gasteiger partial charge in [0, 0.05) is 5.33 Å². The van der Waals surface area contributed by atoms with Crippen LogP contribution in [0.4, 0.5) is 0 Å². The number of rotatable bonds is 11. The maximum atomic E-state index is 5.66. The molecule has 19 heavy (non-hydrogen) atoms. The van der Waals surface area contributed by atoms with Crippen LogP contribution in [0.2, 0.25) is 0 Å². The molecule has 0 saturated heterocycles. The van der Waals surface area contributed by atoms with Crippen molar-refractivity contribution in [3.63, 3.8) is 0 Å². The number of unbranched alkanes of at least 4 members (excludes halogenated alkanes) is 6. The van der Waals surface area contributed by atoms with E-state index in [4.69, 9.17) is 4.74 Å². The van der Waals surface area contributed by atoms with Crippen molar-refractivity contribution in [2.45, 2.75) is 58.3 Å². The van der Waals surface area contributed by atoms with E-state index in [1.165, 1.54) is 50.5 Å². The number of ether oxygens (including phenoxy) is 1. The molecule has 0 heterocycles. The van der Waals surface area contributed by atoms with Crippen molar-refractivity contribution >= 4 is 15.9 Å². The average molecular weight is 327 g/mol. The van der Waals surface area contributed by atoms with Gasteiger partial charge in [-0.1, -0.05) is 66.2 Å². The lowest BCUT2D eigenvalue weighted by Crippen LogP contribution is -1.96. The first-order valence-electron chi connectivity index (χ1n) is 7.65. The van der Waals surface area contributed by atoms with Crippen LogP contribution in [-0.2, 0) is 6.42 Å². The van der Waals surface area contributed by atoms with E-state index in [1.807, 2.05) is 6.92 Å². The smallest absolute Gasteiger partial charge is 0.122 e. The number of hydrogen-bond donors (Lipinski definition) is 0. The predicted octanol–water partition coefficient (Wildman–Crippen LogP) is 5.75. The Morgan fingerprint density at radius 1 is 0.895 bits per heavy atom. The van der Waals surface area contributed by atoms with Crippen molar-refractivity contribution in [3.05, 3.63) is 29.8 Å². The number of benzene rings is 1. The molecule has 0 aliphatic rings. The Kier molecular flexibility index (Phi) is 9.88. The van der Waals surface area contributed by atoms with E-state index in [0.29, 0.717) is 0 Å². The van der Waals surface area contributed by atoms with Crippen LogP contribution in [0.1, 0.15) is 57.4 Å². The summed E-state index contributed by atoms with van der Waals surface area (Å²) in [6.45, 7) is 2.80. The van der Waals surface area contributed by atoms with E-state index in [0.717, 1.165) is 24.1 Å².